The number of halogens is 1. The zero-order chi connectivity index (χ0) is 14.5. The van der Waals surface area contributed by atoms with Crippen molar-refractivity contribution in [2.45, 2.75) is 11.8 Å². The maximum absolute atomic E-state index is 12.0. The molecule has 2 rings (SSSR count). The number of hydrogen-bond acceptors (Lipinski definition) is 4. The van der Waals surface area contributed by atoms with E-state index < -0.39 is 5.97 Å². The van der Waals surface area contributed by atoms with Gasteiger partial charge in [-0.05, 0) is 43.3 Å². The summed E-state index contributed by atoms with van der Waals surface area (Å²) in [5.74, 6) is 0.647. The number of benzene rings is 2. The van der Waals surface area contributed by atoms with Crippen LogP contribution in [0.5, 0.6) is 11.5 Å². The fourth-order valence-corrected chi connectivity index (χ4v) is 1.88. The van der Waals surface area contributed by atoms with Crippen molar-refractivity contribution in [1.82, 2.24) is 0 Å². The first-order valence-corrected chi connectivity index (χ1v) is 6.86. The highest BCUT2D eigenvalue weighted by Gasteiger charge is 2.09. The number of ether oxygens (including phenoxy) is 2. The van der Waals surface area contributed by atoms with E-state index in [1.807, 2.05) is 6.92 Å². The SMILES string of the molecule is CCOc1ccc(C(=O)Oc2ccc(S)c(Cl)c2)cc1. The number of hydrogen-bond donors (Lipinski definition) is 1. The zero-order valence-corrected chi connectivity index (χ0v) is 12.4. The number of esters is 1. The summed E-state index contributed by atoms with van der Waals surface area (Å²) >= 11 is 10.1. The molecule has 3 nitrogen and oxygen atoms in total. The molecule has 0 N–H and O–H groups in total. The van der Waals surface area contributed by atoms with Gasteiger partial charge in [0, 0.05) is 11.0 Å². The molecule has 0 aliphatic carbocycles. The number of carbonyl (C=O) groups is 1. The average molecular weight is 309 g/mol. The van der Waals surface area contributed by atoms with E-state index in [1.54, 1.807) is 42.5 Å². The molecular weight excluding hydrogens is 296 g/mol. The predicted octanol–water partition coefficient (Wildman–Crippen LogP) is 4.25. The summed E-state index contributed by atoms with van der Waals surface area (Å²) < 4.78 is 10.5. The Bertz CT molecular complexity index is 611. The molecule has 0 bridgehead atoms. The van der Waals surface area contributed by atoms with E-state index in [9.17, 15) is 4.79 Å². The lowest BCUT2D eigenvalue weighted by molar-refractivity contribution is 0.0734. The predicted molar refractivity (Wildman–Crippen MR) is 81.3 cm³/mol. The third-order valence-corrected chi connectivity index (χ3v) is 3.37. The second-order valence-corrected chi connectivity index (χ2v) is 4.85. The number of thiol groups is 1. The summed E-state index contributed by atoms with van der Waals surface area (Å²) in [7, 11) is 0. The van der Waals surface area contributed by atoms with Crippen LogP contribution in [0.4, 0.5) is 0 Å². The Hall–Kier alpha value is -1.65. The molecule has 0 aliphatic heterocycles. The van der Waals surface area contributed by atoms with Crippen molar-refractivity contribution in [1.29, 1.82) is 0 Å². The summed E-state index contributed by atoms with van der Waals surface area (Å²) in [6.45, 7) is 2.48. The standard InChI is InChI=1S/C15H13ClO3S/c1-2-18-11-5-3-10(4-6-11)15(17)19-12-7-8-14(20)13(16)9-12/h3-9,20H,2H2,1H3. The van der Waals surface area contributed by atoms with Crippen molar-refractivity contribution in [2.75, 3.05) is 6.61 Å². The highest BCUT2D eigenvalue weighted by atomic mass is 35.5. The second kappa shape index (κ2) is 6.68. The zero-order valence-electron chi connectivity index (χ0n) is 10.8. The third-order valence-electron chi connectivity index (χ3n) is 2.53. The molecular formula is C15H13ClO3S. The first kappa shape index (κ1) is 14.8. The Morgan fingerprint density at radius 1 is 1.15 bits per heavy atom. The smallest absolute Gasteiger partial charge is 0.343 e. The minimum absolute atomic E-state index is 0.381. The molecule has 0 atom stereocenters. The van der Waals surface area contributed by atoms with Crippen molar-refractivity contribution in [3.8, 4) is 11.5 Å². The molecule has 0 aliphatic rings. The fraction of sp³-hybridized carbons (Fsp3) is 0.133. The minimum Gasteiger partial charge on any atom is -0.494 e. The van der Waals surface area contributed by atoms with Gasteiger partial charge in [0.25, 0.3) is 0 Å². The molecule has 104 valence electrons. The van der Waals surface area contributed by atoms with E-state index in [0.717, 1.165) is 0 Å². The van der Waals surface area contributed by atoms with Crippen LogP contribution < -0.4 is 9.47 Å². The molecule has 0 unspecified atom stereocenters. The molecule has 5 heteroatoms. The van der Waals surface area contributed by atoms with Crippen molar-refractivity contribution in [3.63, 3.8) is 0 Å². The second-order valence-electron chi connectivity index (χ2n) is 3.96. The van der Waals surface area contributed by atoms with E-state index >= 15 is 0 Å². The number of rotatable bonds is 4. The molecule has 0 saturated carbocycles. The van der Waals surface area contributed by atoms with E-state index in [1.165, 1.54) is 0 Å². The minimum atomic E-state index is -0.448. The summed E-state index contributed by atoms with van der Waals surface area (Å²) in [6, 6.07) is 11.6. The molecule has 0 fully saturated rings. The third kappa shape index (κ3) is 3.68. The highest BCUT2D eigenvalue weighted by molar-refractivity contribution is 7.80. The van der Waals surface area contributed by atoms with Crippen molar-refractivity contribution < 1.29 is 14.3 Å². The van der Waals surface area contributed by atoms with Gasteiger partial charge in [-0.1, -0.05) is 11.6 Å². The summed E-state index contributed by atoms with van der Waals surface area (Å²) in [6.07, 6.45) is 0. The normalized spacial score (nSPS) is 10.2. The molecule has 0 radical (unpaired) electrons. The molecule has 0 amide bonds. The van der Waals surface area contributed by atoms with Crippen LogP contribution in [0.25, 0.3) is 0 Å². The van der Waals surface area contributed by atoms with Crippen LogP contribution in [0.3, 0.4) is 0 Å². The molecule has 0 heterocycles. The van der Waals surface area contributed by atoms with E-state index in [4.69, 9.17) is 21.1 Å². The van der Waals surface area contributed by atoms with Gasteiger partial charge in [-0.3, -0.25) is 0 Å². The van der Waals surface area contributed by atoms with Crippen molar-refractivity contribution in [3.05, 3.63) is 53.1 Å². The van der Waals surface area contributed by atoms with Crippen LogP contribution in [0.1, 0.15) is 17.3 Å². The van der Waals surface area contributed by atoms with Crippen LogP contribution >= 0.6 is 24.2 Å². The Morgan fingerprint density at radius 2 is 1.80 bits per heavy atom. The Kier molecular flexibility index (Phi) is 4.93. The van der Waals surface area contributed by atoms with Gasteiger partial charge >= 0.3 is 5.97 Å². The first-order chi connectivity index (χ1) is 9.60. The van der Waals surface area contributed by atoms with Gasteiger partial charge in [-0.25, -0.2) is 4.79 Å². The summed E-state index contributed by atoms with van der Waals surface area (Å²) in [5.41, 5.74) is 0.444. The fourth-order valence-electron chi connectivity index (χ4n) is 1.57. The quantitative estimate of drug-likeness (QED) is 0.521. The molecule has 0 saturated heterocycles. The van der Waals surface area contributed by atoms with Gasteiger partial charge in [0.05, 0.1) is 17.2 Å². The van der Waals surface area contributed by atoms with Gasteiger partial charge in [0.15, 0.2) is 0 Å². The maximum Gasteiger partial charge on any atom is 0.343 e. The van der Waals surface area contributed by atoms with Gasteiger partial charge in [-0.15, -0.1) is 12.6 Å². The topological polar surface area (TPSA) is 35.5 Å². The lowest BCUT2D eigenvalue weighted by Crippen LogP contribution is -2.08. The van der Waals surface area contributed by atoms with Gasteiger partial charge in [0.1, 0.15) is 11.5 Å². The van der Waals surface area contributed by atoms with Crippen LogP contribution in [0.2, 0.25) is 5.02 Å². The van der Waals surface area contributed by atoms with Gasteiger partial charge in [0.2, 0.25) is 0 Å². The van der Waals surface area contributed by atoms with E-state index in [-0.39, 0.29) is 0 Å². The molecule has 20 heavy (non-hydrogen) atoms. The lowest BCUT2D eigenvalue weighted by atomic mass is 10.2. The number of carbonyl (C=O) groups excluding carboxylic acids is 1. The average Bonchev–Trinajstić information content (AvgIpc) is 2.44. The van der Waals surface area contributed by atoms with Crippen molar-refractivity contribution in [2.24, 2.45) is 0 Å². The van der Waals surface area contributed by atoms with E-state index in [2.05, 4.69) is 12.6 Å². The Labute approximate surface area is 127 Å². The first-order valence-electron chi connectivity index (χ1n) is 6.03. The largest absolute Gasteiger partial charge is 0.494 e. The molecule has 2 aromatic rings. The monoisotopic (exact) mass is 308 g/mol. The van der Waals surface area contributed by atoms with Crippen LogP contribution in [-0.2, 0) is 0 Å². The molecule has 2 aromatic carbocycles. The summed E-state index contributed by atoms with van der Waals surface area (Å²) in [4.78, 5) is 12.6. The molecule has 0 aromatic heterocycles. The van der Waals surface area contributed by atoms with Crippen LogP contribution in [0.15, 0.2) is 47.4 Å². The van der Waals surface area contributed by atoms with Crippen LogP contribution in [-0.4, -0.2) is 12.6 Å². The maximum atomic E-state index is 12.0. The van der Waals surface area contributed by atoms with Crippen LogP contribution in [0, 0.1) is 0 Å². The molecule has 0 spiro atoms. The van der Waals surface area contributed by atoms with Crippen molar-refractivity contribution >= 4 is 30.2 Å². The lowest BCUT2D eigenvalue weighted by Gasteiger charge is -2.07. The summed E-state index contributed by atoms with van der Waals surface area (Å²) in [5, 5.41) is 0.435. The Balaban J connectivity index is 2.09. The highest BCUT2D eigenvalue weighted by Crippen LogP contribution is 2.25. The van der Waals surface area contributed by atoms with Gasteiger partial charge < -0.3 is 9.47 Å². The Morgan fingerprint density at radius 3 is 2.40 bits per heavy atom. The van der Waals surface area contributed by atoms with E-state index in [0.29, 0.717) is 33.6 Å². The van der Waals surface area contributed by atoms with Gasteiger partial charge in [-0.2, -0.15) is 0 Å².